The van der Waals surface area contributed by atoms with Gasteiger partial charge in [0, 0.05) is 16.2 Å². The van der Waals surface area contributed by atoms with Crippen molar-refractivity contribution in [3.8, 4) is 0 Å². The molecule has 0 unspecified atom stereocenters. The molecule has 0 aliphatic heterocycles. The average molecular weight is 239 g/mol. The third kappa shape index (κ3) is 2.77. The van der Waals surface area contributed by atoms with Gasteiger partial charge in [-0.1, -0.05) is 19.3 Å². The number of halogens is 1. The fraction of sp³-hybridized carbons (Fsp3) is 0.538. The first-order valence-electron chi connectivity index (χ1n) is 5.89. The van der Waals surface area contributed by atoms with Crippen LogP contribution in [0.15, 0.2) is 29.2 Å². The summed E-state index contributed by atoms with van der Waals surface area (Å²) in [6.07, 6.45) is 6.24. The number of benzene rings is 1. The van der Waals surface area contributed by atoms with Crippen LogP contribution in [0.1, 0.15) is 32.1 Å². The first-order valence-corrected chi connectivity index (χ1v) is 6.70. The maximum atomic E-state index is 12.8. The maximum absolute atomic E-state index is 12.8. The minimum absolute atomic E-state index is 0.171. The molecule has 2 rings (SSSR count). The number of rotatable bonds is 3. The number of hydrogen-bond donors (Lipinski definition) is 1. The highest BCUT2D eigenvalue weighted by atomic mass is 32.2. The summed E-state index contributed by atoms with van der Waals surface area (Å²) in [6, 6.07) is 6.75. The number of hydrogen-bond acceptors (Lipinski definition) is 2. The average Bonchev–Trinajstić information content (AvgIpc) is 2.33. The summed E-state index contributed by atoms with van der Waals surface area (Å²) in [5, 5.41) is 0. The highest BCUT2D eigenvalue weighted by Gasteiger charge is 2.31. The Morgan fingerprint density at radius 1 is 1.12 bits per heavy atom. The van der Waals surface area contributed by atoms with Crippen LogP contribution < -0.4 is 5.73 Å². The van der Waals surface area contributed by atoms with Gasteiger partial charge in [-0.3, -0.25) is 0 Å². The standard InChI is InChI=1S/C13H18FNS/c14-11-4-6-12(7-5-11)16-13(10-15)8-2-1-3-9-13/h4-7H,1-3,8-10,15H2. The normalized spacial score (nSPS) is 19.6. The van der Waals surface area contributed by atoms with Gasteiger partial charge in [0.25, 0.3) is 0 Å². The molecule has 0 aromatic heterocycles. The van der Waals surface area contributed by atoms with Gasteiger partial charge in [0.15, 0.2) is 0 Å². The van der Waals surface area contributed by atoms with Crippen LogP contribution in [0.2, 0.25) is 0 Å². The second-order valence-electron chi connectivity index (χ2n) is 4.50. The highest BCUT2D eigenvalue weighted by Crippen LogP contribution is 2.43. The molecule has 1 nitrogen and oxygen atoms in total. The largest absolute Gasteiger partial charge is 0.329 e. The first kappa shape index (κ1) is 11.9. The van der Waals surface area contributed by atoms with Crippen LogP contribution in [0.4, 0.5) is 4.39 Å². The van der Waals surface area contributed by atoms with E-state index in [-0.39, 0.29) is 10.6 Å². The smallest absolute Gasteiger partial charge is 0.123 e. The van der Waals surface area contributed by atoms with E-state index in [1.807, 2.05) is 23.9 Å². The van der Waals surface area contributed by atoms with Gasteiger partial charge in [-0.25, -0.2) is 4.39 Å². The van der Waals surface area contributed by atoms with E-state index in [0.717, 1.165) is 11.4 Å². The van der Waals surface area contributed by atoms with E-state index in [4.69, 9.17) is 5.73 Å². The van der Waals surface area contributed by atoms with Crippen LogP contribution in [0.3, 0.4) is 0 Å². The summed E-state index contributed by atoms with van der Waals surface area (Å²) < 4.78 is 13.0. The van der Waals surface area contributed by atoms with Crippen LogP contribution >= 0.6 is 11.8 Å². The molecule has 16 heavy (non-hydrogen) atoms. The quantitative estimate of drug-likeness (QED) is 0.872. The van der Waals surface area contributed by atoms with E-state index in [9.17, 15) is 4.39 Å². The Morgan fingerprint density at radius 2 is 1.75 bits per heavy atom. The molecule has 1 aliphatic rings. The molecular weight excluding hydrogens is 221 g/mol. The minimum atomic E-state index is -0.171. The molecule has 1 aliphatic carbocycles. The number of thioether (sulfide) groups is 1. The summed E-state index contributed by atoms with van der Waals surface area (Å²) in [5.74, 6) is -0.171. The molecule has 0 spiro atoms. The fourth-order valence-electron chi connectivity index (χ4n) is 2.30. The van der Waals surface area contributed by atoms with Gasteiger partial charge in [-0.15, -0.1) is 11.8 Å². The van der Waals surface area contributed by atoms with Crippen molar-refractivity contribution >= 4 is 11.8 Å². The number of nitrogens with two attached hydrogens (primary N) is 1. The molecule has 1 aromatic carbocycles. The lowest BCUT2D eigenvalue weighted by atomic mass is 9.88. The van der Waals surface area contributed by atoms with Crippen LogP contribution in [-0.2, 0) is 0 Å². The lowest BCUT2D eigenvalue weighted by molar-refractivity contribution is 0.404. The molecule has 0 saturated heterocycles. The Bertz CT molecular complexity index is 330. The molecule has 0 heterocycles. The molecule has 2 N–H and O–H groups in total. The second kappa shape index (κ2) is 5.19. The molecule has 3 heteroatoms. The van der Waals surface area contributed by atoms with Crippen molar-refractivity contribution in [3.63, 3.8) is 0 Å². The molecule has 0 radical (unpaired) electrons. The lowest BCUT2D eigenvalue weighted by Gasteiger charge is -2.35. The van der Waals surface area contributed by atoms with E-state index in [1.54, 1.807) is 0 Å². The fourth-order valence-corrected chi connectivity index (χ4v) is 3.64. The van der Waals surface area contributed by atoms with Crippen molar-refractivity contribution in [2.75, 3.05) is 6.54 Å². The molecule has 0 amide bonds. The van der Waals surface area contributed by atoms with E-state index in [1.165, 1.54) is 44.2 Å². The molecule has 88 valence electrons. The molecule has 0 atom stereocenters. The van der Waals surface area contributed by atoms with Crippen molar-refractivity contribution in [1.82, 2.24) is 0 Å². The van der Waals surface area contributed by atoms with E-state index in [2.05, 4.69) is 0 Å². The van der Waals surface area contributed by atoms with Crippen molar-refractivity contribution < 1.29 is 4.39 Å². The predicted octanol–water partition coefficient (Wildman–Crippen LogP) is 3.58. The maximum Gasteiger partial charge on any atom is 0.123 e. The summed E-state index contributed by atoms with van der Waals surface area (Å²) in [5.41, 5.74) is 5.92. The molecular formula is C13H18FNS. The molecule has 0 bridgehead atoms. The van der Waals surface area contributed by atoms with E-state index < -0.39 is 0 Å². The summed E-state index contributed by atoms with van der Waals surface area (Å²) in [4.78, 5) is 1.13. The van der Waals surface area contributed by atoms with Crippen LogP contribution in [0.25, 0.3) is 0 Å². The van der Waals surface area contributed by atoms with Crippen molar-refractivity contribution in [1.29, 1.82) is 0 Å². The Kier molecular flexibility index (Phi) is 3.87. The zero-order chi connectivity index (χ0) is 11.4. The highest BCUT2D eigenvalue weighted by molar-refractivity contribution is 8.00. The first-order chi connectivity index (χ1) is 7.74. The molecule has 1 aromatic rings. The van der Waals surface area contributed by atoms with Crippen molar-refractivity contribution in [2.45, 2.75) is 41.7 Å². The van der Waals surface area contributed by atoms with E-state index >= 15 is 0 Å². The third-order valence-corrected chi connectivity index (χ3v) is 4.80. The Hall–Kier alpha value is -0.540. The van der Waals surface area contributed by atoms with Gasteiger partial charge in [0.1, 0.15) is 5.82 Å². The van der Waals surface area contributed by atoms with Gasteiger partial charge in [0.2, 0.25) is 0 Å². The monoisotopic (exact) mass is 239 g/mol. The summed E-state index contributed by atoms with van der Waals surface area (Å²) in [7, 11) is 0. The second-order valence-corrected chi connectivity index (χ2v) is 6.05. The van der Waals surface area contributed by atoms with Crippen molar-refractivity contribution in [2.24, 2.45) is 5.73 Å². The SMILES string of the molecule is NCC1(Sc2ccc(F)cc2)CCCCC1. The zero-order valence-corrected chi connectivity index (χ0v) is 10.2. The lowest BCUT2D eigenvalue weighted by Crippen LogP contribution is -2.36. The van der Waals surface area contributed by atoms with Gasteiger partial charge in [-0.2, -0.15) is 0 Å². The molecule has 1 fully saturated rings. The Balaban J connectivity index is 2.08. The minimum Gasteiger partial charge on any atom is -0.329 e. The van der Waals surface area contributed by atoms with Crippen LogP contribution in [-0.4, -0.2) is 11.3 Å². The van der Waals surface area contributed by atoms with Crippen LogP contribution in [0.5, 0.6) is 0 Å². The molecule has 1 saturated carbocycles. The summed E-state index contributed by atoms with van der Waals surface area (Å²) >= 11 is 1.83. The van der Waals surface area contributed by atoms with Crippen LogP contribution in [0, 0.1) is 5.82 Å². The van der Waals surface area contributed by atoms with Gasteiger partial charge in [-0.05, 0) is 37.1 Å². The third-order valence-electron chi connectivity index (χ3n) is 3.28. The predicted molar refractivity (Wildman–Crippen MR) is 67.1 cm³/mol. The van der Waals surface area contributed by atoms with Gasteiger partial charge < -0.3 is 5.73 Å². The topological polar surface area (TPSA) is 26.0 Å². The van der Waals surface area contributed by atoms with Gasteiger partial charge >= 0.3 is 0 Å². The van der Waals surface area contributed by atoms with E-state index in [0.29, 0.717) is 0 Å². The van der Waals surface area contributed by atoms with Gasteiger partial charge in [0.05, 0.1) is 0 Å². The summed E-state index contributed by atoms with van der Waals surface area (Å²) in [6.45, 7) is 0.717. The Morgan fingerprint density at radius 3 is 2.31 bits per heavy atom. The zero-order valence-electron chi connectivity index (χ0n) is 9.42. The Labute approximate surface area is 101 Å². The van der Waals surface area contributed by atoms with Crippen molar-refractivity contribution in [3.05, 3.63) is 30.1 Å².